The number of rotatable bonds is 5. The molecule has 0 spiro atoms. The van der Waals surface area contributed by atoms with E-state index in [9.17, 15) is 0 Å². The van der Waals surface area contributed by atoms with Gasteiger partial charge in [-0.05, 0) is 58.6 Å². The van der Waals surface area contributed by atoms with Crippen LogP contribution in [0.3, 0.4) is 0 Å². The number of hydrogen-bond donors (Lipinski definition) is 1. The van der Waals surface area contributed by atoms with Crippen molar-refractivity contribution in [1.29, 1.82) is 0 Å². The molecule has 1 aromatic heterocycles. The van der Waals surface area contributed by atoms with E-state index >= 15 is 0 Å². The van der Waals surface area contributed by atoms with Gasteiger partial charge in [-0.3, -0.25) is 0 Å². The van der Waals surface area contributed by atoms with Crippen LogP contribution in [0, 0.1) is 11.8 Å². The van der Waals surface area contributed by atoms with Crippen molar-refractivity contribution in [3.8, 4) is 0 Å². The van der Waals surface area contributed by atoms with E-state index in [-0.39, 0.29) is 0 Å². The van der Waals surface area contributed by atoms with Crippen molar-refractivity contribution in [1.82, 2.24) is 5.32 Å². The zero-order chi connectivity index (χ0) is 13.0. The van der Waals surface area contributed by atoms with Gasteiger partial charge in [0.25, 0.3) is 0 Å². The maximum absolute atomic E-state index is 3.72. The standard InChI is InChI=1S/C15H24BrNS/c1-3-11-6-5-7-12(10-11)14(17-4-2)15-13(16)8-9-18-15/h8-9,11-12,14,17H,3-7,10H2,1-2H3. The molecular weight excluding hydrogens is 306 g/mol. The molecule has 1 aromatic rings. The fraction of sp³-hybridized carbons (Fsp3) is 0.733. The Morgan fingerprint density at radius 2 is 2.28 bits per heavy atom. The van der Waals surface area contributed by atoms with Gasteiger partial charge < -0.3 is 5.32 Å². The molecule has 102 valence electrons. The summed E-state index contributed by atoms with van der Waals surface area (Å²) in [6.07, 6.45) is 6.99. The molecule has 0 bridgehead atoms. The molecule has 1 N–H and O–H groups in total. The predicted octanol–water partition coefficient (Wildman–Crippen LogP) is 5.38. The SMILES string of the molecule is CCNC(c1sccc1Br)C1CCCC(CC)C1. The summed E-state index contributed by atoms with van der Waals surface area (Å²) in [5.41, 5.74) is 0. The molecule has 0 radical (unpaired) electrons. The number of halogens is 1. The van der Waals surface area contributed by atoms with Crippen LogP contribution in [-0.2, 0) is 0 Å². The first kappa shape index (κ1) is 14.5. The summed E-state index contributed by atoms with van der Waals surface area (Å²) in [6, 6.07) is 2.74. The summed E-state index contributed by atoms with van der Waals surface area (Å²) in [7, 11) is 0. The molecule has 0 saturated heterocycles. The third-order valence-corrected chi connectivity index (χ3v) is 6.18. The van der Waals surface area contributed by atoms with E-state index in [2.05, 4.69) is 46.5 Å². The predicted molar refractivity (Wildman–Crippen MR) is 84.2 cm³/mol. The Morgan fingerprint density at radius 3 is 2.89 bits per heavy atom. The zero-order valence-corrected chi connectivity index (χ0v) is 13.8. The first-order valence-electron chi connectivity index (χ1n) is 7.22. The lowest BCUT2D eigenvalue weighted by Gasteiger charge is -2.34. The molecule has 3 heteroatoms. The first-order chi connectivity index (χ1) is 8.76. The van der Waals surface area contributed by atoms with Gasteiger partial charge in [0, 0.05) is 15.4 Å². The minimum Gasteiger partial charge on any atom is -0.309 e. The largest absolute Gasteiger partial charge is 0.309 e. The van der Waals surface area contributed by atoms with E-state index in [1.165, 1.54) is 41.5 Å². The highest BCUT2D eigenvalue weighted by Crippen LogP contribution is 2.41. The normalized spacial score (nSPS) is 26.2. The minimum atomic E-state index is 0.554. The molecule has 1 saturated carbocycles. The van der Waals surface area contributed by atoms with Crippen molar-refractivity contribution < 1.29 is 0 Å². The summed E-state index contributed by atoms with van der Waals surface area (Å²) >= 11 is 5.60. The topological polar surface area (TPSA) is 12.0 Å². The van der Waals surface area contributed by atoms with Gasteiger partial charge in [0.1, 0.15) is 0 Å². The zero-order valence-electron chi connectivity index (χ0n) is 11.4. The number of thiophene rings is 1. The second kappa shape index (κ2) is 7.06. The first-order valence-corrected chi connectivity index (χ1v) is 8.89. The Morgan fingerprint density at radius 1 is 1.44 bits per heavy atom. The smallest absolute Gasteiger partial charge is 0.0454 e. The monoisotopic (exact) mass is 329 g/mol. The molecule has 2 rings (SSSR count). The molecule has 1 fully saturated rings. The van der Waals surface area contributed by atoms with Gasteiger partial charge in [-0.1, -0.05) is 33.1 Å². The molecular formula is C15H24BrNS. The molecule has 3 unspecified atom stereocenters. The fourth-order valence-corrected chi connectivity index (χ4v) is 5.01. The van der Waals surface area contributed by atoms with Crippen LogP contribution in [-0.4, -0.2) is 6.54 Å². The van der Waals surface area contributed by atoms with Crippen LogP contribution in [0.15, 0.2) is 15.9 Å². The summed E-state index contributed by atoms with van der Waals surface area (Å²) in [5.74, 6) is 1.77. The van der Waals surface area contributed by atoms with E-state index < -0.39 is 0 Å². The highest BCUT2D eigenvalue weighted by Gasteiger charge is 2.29. The lowest BCUT2D eigenvalue weighted by molar-refractivity contribution is 0.212. The van der Waals surface area contributed by atoms with Crippen molar-refractivity contribution in [2.24, 2.45) is 11.8 Å². The van der Waals surface area contributed by atoms with Crippen LogP contribution >= 0.6 is 27.3 Å². The van der Waals surface area contributed by atoms with E-state index in [0.717, 1.165) is 18.4 Å². The average molecular weight is 330 g/mol. The molecule has 1 nitrogen and oxygen atoms in total. The maximum Gasteiger partial charge on any atom is 0.0454 e. The number of hydrogen-bond acceptors (Lipinski definition) is 2. The van der Waals surface area contributed by atoms with Crippen LogP contribution in [0.25, 0.3) is 0 Å². The average Bonchev–Trinajstić information content (AvgIpc) is 2.82. The summed E-state index contributed by atoms with van der Waals surface area (Å²) < 4.78 is 1.29. The molecule has 3 atom stereocenters. The van der Waals surface area contributed by atoms with Gasteiger partial charge in [0.2, 0.25) is 0 Å². The third-order valence-electron chi connectivity index (χ3n) is 4.22. The quantitative estimate of drug-likeness (QED) is 0.764. The second-order valence-electron chi connectivity index (χ2n) is 5.37. The van der Waals surface area contributed by atoms with Crippen LogP contribution in [0.1, 0.15) is 56.9 Å². The second-order valence-corrected chi connectivity index (χ2v) is 7.17. The van der Waals surface area contributed by atoms with Crippen molar-refractivity contribution in [3.05, 3.63) is 20.8 Å². The van der Waals surface area contributed by atoms with Crippen LogP contribution in [0.2, 0.25) is 0 Å². The lowest BCUT2D eigenvalue weighted by Crippen LogP contribution is -2.31. The van der Waals surface area contributed by atoms with Crippen LogP contribution in [0.4, 0.5) is 0 Å². The molecule has 0 amide bonds. The van der Waals surface area contributed by atoms with Crippen molar-refractivity contribution in [2.45, 2.75) is 52.0 Å². The summed E-state index contributed by atoms with van der Waals surface area (Å²) in [4.78, 5) is 1.50. The molecule has 0 aromatic carbocycles. The van der Waals surface area contributed by atoms with Gasteiger partial charge in [-0.25, -0.2) is 0 Å². The highest BCUT2D eigenvalue weighted by molar-refractivity contribution is 9.10. The van der Waals surface area contributed by atoms with Gasteiger partial charge in [-0.2, -0.15) is 0 Å². The molecule has 1 heterocycles. The molecule has 1 aliphatic rings. The van der Waals surface area contributed by atoms with Gasteiger partial charge >= 0.3 is 0 Å². The van der Waals surface area contributed by atoms with Gasteiger partial charge in [0.15, 0.2) is 0 Å². The fourth-order valence-electron chi connectivity index (χ4n) is 3.23. The van der Waals surface area contributed by atoms with Crippen molar-refractivity contribution >= 4 is 27.3 Å². The van der Waals surface area contributed by atoms with E-state index in [0.29, 0.717) is 6.04 Å². The Balaban J connectivity index is 2.12. The highest BCUT2D eigenvalue weighted by atomic mass is 79.9. The van der Waals surface area contributed by atoms with Crippen LogP contribution in [0.5, 0.6) is 0 Å². The third kappa shape index (κ3) is 3.37. The van der Waals surface area contributed by atoms with Crippen molar-refractivity contribution in [2.75, 3.05) is 6.54 Å². The molecule has 18 heavy (non-hydrogen) atoms. The Hall–Kier alpha value is 0.140. The molecule has 1 aliphatic carbocycles. The summed E-state index contributed by atoms with van der Waals surface area (Å²) in [5, 5.41) is 5.92. The Bertz CT molecular complexity index is 363. The summed E-state index contributed by atoms with van der Waals surface area (Å²) in [6.45, 7) is 5.62. The Kier molecular flexibility index (Phi) is 5.71. The number of nitrogens with one attached hydrogen (secondary N) is 1. The lowest BCUT2D eigenvalue weighted by atomic mass is 9.76. The van der Waals surface area contributed by atoms with Gasteiger partial charge in [0.05, 0.1) is 0 Å². The van der Waals surface area contributed by atoms with Crippen LogP contribution < -0.4 is 5.32 Å². The van der Waals surface area contributed by atoms with Gasteiger partial charge in [-0.15, -0.1) is 11.3 Å². The van der Waals surface area contributed by atoms with E-state index in [4.69, 9.17) is 0 Å². The minimum absolute atomic E-state index is 0.554. The van der Waals surface area contributed by atoms with E-state index in [1.807, 2.05) is 11.3 Å². The molecule has 0 aliphatic heterocycles. The Labute approximate surface area is 123 Å². The maximum atomic E-state index is 3.72. The van der Waals surface area contributed by atoms with Crippen molar-refractivity contribution in [3.63, 3.8) is 0 Å². The van der Waals surface area contributed by atoms with E-state index in [1.54, 1.807) is 0 Å².